The van der Waals surface area contributed by atoms with Gasteiger partial charge in [-0.1, -0.05) is 0 Å². The number of rotatable bonds is 3. The van der Waals surface area contributed by atoms with Gasteiger partial charge in [-0.05, 0) is 0 Å². The summed E-state index contributed by atoms with van der Waals surface area (Å²) in [6, 6.07) is 2.20. The molecule has 0 saturated carbocycles. The van der Waals surface area contributed by atoms with Crippen molar-refractivity contribution in [2.75, 3.05) is 49.7 Å². The van der Waals surface area contributed by atoms with E-state index in [1.807, 2.05) is 0 Å². The van der Waals surface area contributed by atoms with Crippen molar-refractivity contribution >= 4 is 23.4 Å². The highest BCUT2D eigenvalue weighted by Gasteiger charge is 2.36. The predicted molar refractivity (Wildman–Crippen MR) is 85.4 cm³/mol. The first-order valence-corrected chi connectivity index (χ1v) is 7.91. The molecule has 1 aromatic rings. The zero-order valence-electron chi connectivity index (χ0n) is 14.0. The molecule has 0 aromatic heterocycles. The number of likely N-dealkylation sites (N-methyl/N-ethyl adjacent to an activating group) is 1. The number of hydrogen-bond donors (Lipinski definition) is 0. The SMILES string of the molecule is CC(=O)N(C)C1CN(c2cc(F)c(N3CCOCC3)c(F)c2)C(=O)O1. The molecular formula is C16H19F2N3O4. The number of hydrogen-bond acceptors (Lipinski definition) is 5. The highest BCUT2D eigenvalue weighted by molar-refractivity contribution is 5.90. The number of cyclic esters (lactones) is 1. The lowest BCUT2D eigenvalue weighted by molar-refractivity contribution is -0.134. The second kappa shape index (κ2) is 6.83. The number of anilines is 2. The summed E-state index contributed by atoms with van der Waals surface area (Å²) in [5.41, 5.74) is -0.0755. The van der Waals surface area contributed by atoms with Crippen LogP contribution in [0.4, 0.5) is 25.0 Å². The van der Waals surface area contributed by atoms with Gasteiger partial charge in [-0.3, -0.25) is 9.69 Å². The van der Waals surface area contributed by atoms with E-state index in [1.165, 1.54) is 18.9 Å². The van der Waals surface area contributed by atoms with Crippen LogP contribution in [0.25, 0.3) is 0 Å². The molecule has 1 unspecified atom stereocenters. The number of carbonyl (C=O) groups excluding carboxylic acids is 2. The molecule has 0 spiro atoms. The lowest BCUT2D eigenvalue weighted by atomic mass is 10.2. The van der Waals surface area contributed by atoms with Crippen LogP contribution in [0.2, 0.25) is 0 Å². The minimum absolute atomic E-state index is 0.00466. The fraction of sp³-hybridized carbons (Fsp3) is 0.500. The quantitative estimate of drug-likeness (QED) is 0.824. The third-order valence-corrected chi connectivity index (χ3v) is 4.37. The highest BCUT2D eigenvalue weighted by Crippen LogP contribution is 2.31. The van der Waals surface area contributed by atoms with Gasteiger partial charge in [0.1, 0.15) is 5.69 Å². The van der Waals surface area contributed by atoms with Gasteiger partial charge in [0.15, 0.2) is 17.9 Å². The van der Waals surface area contributed by atoms with Gasteiger partial charge in [0.2, 0.25) is 5.91 Å². The Labute approximate surface area is 143 Å². The van der Waals surface area contributed by atoms with E-state index in [0.29, 0.717) is 26.3 Å². The first-order chi connectivity index (χ1) is 11.9. The van der Waals surface area contributed by atoms with E-state index in [9.17, 15) is 18.4 Å². The number of ether oxygens (including phenoxy) is 2. The summed E-state index contributed by atoms with van der Waals surface area (Å²) in [6.45, 7) is 2.93. The van der Waals surface area contributed by atoms with Crippen LogP contribution in [-0.2, 0) is 14.3 Å². The Hall–Kier alpha value is -2.42. The van der Waals surface area contributed by atoms with E-state index in [1.54, 1.807) is 4.90 Å². The number of benzene rings is 1. The van der Waals surface area contributed by atoms with Crippen LogP contribution in [0.3, 0.4) is 0 Å². The molecule has 136 valence electrons. The molecule has 0 bridgehead atoms. The topological polar surface area (TPSA) is 62.3 Å². The van der Waals surface area contributed by atoms with E-state index >= 15 is 0 Å². The fourth-order valence-electron chi connectivity index (χ4n) is 2.86. The predicted octanol–water partition coefficient (Wildman–Crippen LogP) is 1.56. The molecule has 2 fully saturated rings. The van der Waals surface area contributed by atoms with Crippen molar-refractivity contribution in [3.63, 3.8) is 0 Å². The van der Waals surface area contributed by atoms with Crippen LogP contribution in [0.5, 0.6) is 0 Å². The Morgan fingerprint density at radius 3 is 2.40 bits per heavy atom. The Bertz CT molecular complexity index is 671. The number of amides is 2. The molecular weight excluding hydrogens is 336 g/mol. The smallest absolute Gasteiger partial charge is 0.416 e. The molecule has 3 rings (SSSR count). The largest absolute Gasteiger partial charge is 0.423 e. The number of morpholine rings is 1. The second-order valence-electron chi connectivity index (χ2n) is 5.94. The average molecular weight is 355 g/mol. The van der Waals surface area contributed by atoms with Crippen molar-refractivity contribution in [2.24, 2.45) is 0 Å². The molecule has 2 saturated heterocycles. The molecule has 1 atom stereocenters. The Morgan fingerprint density at radius 2 is 1.84 bits per heavy atom. The Morgan fingerprint density at radius 1 is 1.24 bits per heavy atom. The lowest BCUT2D eigenvalue weighted by Gasteiger charge is -2.29. The fourth-order valence-corrected chi connectivity index (χ4v) is 2.86. The maximum Gasteiger partial charge on any atom is 0.416 e. The van der Waals surface area contributed by atoms with Crippen molar-refractivity contribution in [3.05, 3.63) is 23.8 Å². The molecule has 2 amide bonds. The molecule has 25 heavy (non-hydrogen) atoms. The molecule has 2 aliphatic heterocycles. The maximum absolute atomic E-state index is 14.5. The van der Waals surface area contributed by atoms with Gasteiger partial charge < -0.3 is 19.3 Å². The van der Waals surface area contributed by atoms with Gasteiger partial charge in [-0.25, -0.2) is 13.6 Å². The van der Waals surface area contributed by atoms with E-state index in [4.69, 9.17) is 9.47 Å². The zero-order valence-corrected chi connectivity index (χ0v) is 14.0. The van der Waals surface area contributed by atoms with Crippen LogP contribution in [0.1, 0.15) is 6.92 Å². The van der Waals surface area contributed by atoms with Gasteiger partial charge >= 0.3 is 6.09 Å². The van der Waals surface area contributed by atoms with E-state index in [-0.39, 0.29) is 23.8 Å². The molecule has 1 aromatic carbocycles. The molecule has 0 N–H and O–H groups in total. The maximum atomic E-state index is 14.5. The van der Waals surface area contributed by atoms with Gasteiger partial charge in [0.05, 0.1) is 25.4 Å². The van der Waals surface area contributed by atoms with Crippen molar-refractivity contribution < 1.29 is 27.8 Å². The third kappa shape index (κ3) is 3.37. The molecule has 0 aliphatic carbocycles. The molecule has 0 radical (unpaired) electrons. The van der Waals surface area contributed by atoms with Crippen molar-refractivity contribution in [2.45, 2.75) is 13.2 Å². The first-order valence-electron chi connectivity index (χ1n) is 7.91. The second-order valence-corrected chi connectivity index (χ2v) is 5.94. The van der Waals surface area contributed by atoms with Crippen LogP contribution in [0.15, 0.2) is 12.1 Å². The van der Waals surface area contributed by atoms with Gasteiger partial charge in [-0.15, -0.1) is 0 Å². The summed E-state index contributed by atoms with van der Waals surface area (Å²) in [5.74, 6) is -1.79. The summed E-state index contributed by atoms with van der Waals surface area (Å²) < 4.78 is 39.3. The molecule has 2 heterocycles. The number of halogens is 2. The minimum atomic E-state index is -0.796. The number of carbonyl (C=O) groups is 2. The normalized spacial score (nSPS) is 20.6. The summed E-state index contributed by atoms with van der Waals surface area (Å²) in [6.07, 6.45) is -1.55. The first kappa shape index (κ1) is 17.4. The summed E-state index contributed by atoms with van der Waals surface area (Å²) in [7, 11) is 1.49. The van der Waals surface area contributed by atoms with E-state index in [0.717, 1.165) is 17.0 Å². The van der Waals surface area contributed by atoms with Crippen molar-refractivity contribution in [1.82, 2.24) is 4.90 Å². The van der Waals surface area contributed by atoms with E-state index < -0.39 is 24.0 Å². The number of nitrogens with zero attached hydrogens (tertiary/aromatic N) is 3. The highest BCUT2D eigenvalue weighted by atomic mass is 19.1. The average Bonchev–Trinajstić information content (AvgIpc) is 2.96. The van der Waals surface area contributed by atoms with Crippen molar-refractivity contribution in [1.29, 1.82) is 0 Å². The summed E-state index contributed by atoms with van der Waals surface area (Å²) in [4.78, 5) is 27.3. The van der Waals surface area contributed by atoms with Gasteiger partial charge in [-0.2, -0.15) is 0 Å². The van der Waals surface area contributed by atoms with Crippen LogP contribution in [0, 0.1) is 11.6 Å². The van der Waals surface area contributed by atoms with E-state index in [2.05, 4.69) is 0 Å². The van der Waals surface area contributed by atoms with Crippen LogP contribution < -0.4 is 9.80 Å². The van der Waals surface area contributed by atoms with Gasteiger partial charge in [0, 0.05) is 39.2 Å². The lowest BCUT2D eigenvalue weighted by Crippen LogP contribution is -2.38. The standard InChI is InChI=1S/C16H19F2N3O4/c1-10(22)19(2)14-9-21(16(23)25-14)11-7-12(17)15(13(18)8-11)20-3-5-24-6-4-20/h7-8,14H,3-6,9H2,1-2H3. The molecule has 7 nitrogen and oxygen atoms in total. The Balaban J connectivity index is 1.83. The molecule has 2 aliphatic rings. The Kier molecular flexibility index (Phi) is 4.76. The molecule has 9 heteroatoms. The van der Waals surface area contributed by atoms with Crippen LogP contribution in [-0.4, -0.2) is 63.0 Å². The zero-order chi connectivity index (χ0) is 18.1. The summed E-state index contributed by atoms with van der Waals surface area (Å²) in [5, 5.41) is 0. The van der Waals surface area contributed by atoms with Crippen LogP contribution >= 0.6 is 0 Å². The summed E-state index contributed by atoms with van der Waals surface area (Å²) >= 11 is 0. The third-order valence-electron chi connectivity index (χ3n) is 4.37. The van der Waals surface area contributed by atoms with Gasteiger partial charge in [0.25, 0.3) is 0 Å². The monoisotopic (exact) mass is 355 g/mol. The van der Waals surface area contributed by atoms with Crippen molar-refractivity contribution in [3.8, 4) is 0 Å². The minimum Gasteiger partial charge on any atom is -0.423 e.